The van der Waals surface area contributed by atoms with Crippen LogP contribution in [0.4, 0.5) is 5.69 Å². The molecule has 0 radical (unpaired) electrons. The van der Waals surface area contributed by atoms with Gasteiger partial charge in [0, 0.05) is 23.6 Å². The third kappa shape index (κ3) is 7.45. The predicted molar refractivity (Wildman–Crippen MR) is 141 cm³/mol. The molecule has 7 heteroatoms. The van der Waals surface area contributed by atoms with Crippen molar-refractivity contribution in [1.29, 1.82) is 0 Å². The number of pyridine rings is 1. The van der Waals surface area contributed by atoms with Gasteiger partial charge in [-0.15, -0.1) is 48.0 Å². The van der Waals surface area contributed by atoms with E-state index in [-0.39, 0.29) is 48.0 Å². The van der Waals surface area contributed by atoms with E-state index in [4.69, 9.17) is 20.2 Å². The summed E-state index contributed by atoms with van der Waals surface area (Å²) in [4.78, 5) is 4.73. The Bertz CT molecular complexity index is 879. The number of nitrogens with two attached hydrogens (primary N) is 1. The van der Waals surface area contributed by atoms with Crippen LogP contribution < -0.4 is 20.5 Å². The average molecular weight is 621 g/mol. The van der Waals surface area contributed by atoms with Crippen LogP contribution in [0.15, 0.2) is 54.6 Å². The summed E-state index contributed by atoms with van der Waals surface area (Å²) in [5.74, 6) is 1.41. The van der Waals surface area contributed by atoms with E-state index in [1.54, 1.807) is 7.11 Å². The van der Waals surface area contributed by atoms with Crippen molar-refractivity contribution in [3.05, 3.63) is 60.2 Å². The highest BCUT2D eigenvalue weighted by Crippen LogP contribution is 2.30. The molecule has 0 bridgehead atoms. The molecule has 0 fully saturated rings. The number of fused-ring (bicyclic) bond motifs is 1. The third-order valence-electron chi connectivity index (χ3n) is 4.45. The van der Waals surface area contributed by atoms with Gasteiger partial charge in [-0.2, -0.15) is 0 Å². The fraction of sp³-hybridized carbons (Fsp3) is 0.318. The molecule has 2 aromatic carbocycles. The molecular weight excluding hydrogens is 592 g/mol. The number of nitrogens with zero attached hydrogens (tertiary/aromatic N) is 1. The Hall–Kier alpha value is -1.33. The second-order valence-electron chi connectivity index (χ2n) is 6.65. The average Bonchev–Trinajstić information content (AvgIpc) is 2.71. The first-order valence-corrected chi connectivity index (χ1v) is 9.31. The molecule has 1 aromatic heterocycles. The number of hydrogen-bond donors (Lipinski definition) is 2. The van der Waals surface area contributed by atoms with Gasteiger partial charge in [0.25, 0.3) is 0 Å². The van der Waals surface area contributed by atoms with Gasteiger partial charge in [-0.1, -0.05) is 30.3 Å². The van der Waals surface area contributed by atoms with Gasteiger partial charge in [-0.3, -0.25) is 0 Å². The molecule has 0 saturated carbocycles. The van der Waals surface area contributed by atoms with Crippen LogP contribution in [0.2, 0.25) is 0 Å². The van der Waals surface area contributed by atoms with Crippen molar-refractivity contribution < 1.29 is 9.47 Å². The Morgan fingerprint density at radius 1 is 1.07 bits per heavy atom. The summed E-state index contributed by atoms with van der Waals surface area (Å²) in [6.45, 7) is 3.34. The monoisotopic (exact) mass is 621 g/mol. The lowest BCUT2D eigenvalue weighted by atomic mass is 10.1. The first-order valence-electron chi connectivity index (χ1n) is 9.31. The third-order valence-corrected chi connectivity index (χ3v) is 4.45. The Morgan fingerprint density at radius 2 is 1.83 bits per heavy atom. The lowest BCUT2D eigenvalue weighted by Crippen LogP contribution is -2.17. The van der Waals surface area contributed by atoms with Crippen molar-refractivity contribution in [3.8, 4) is 11.6 Å². The number of halogens is 2. The van der Waals surface area contributed by atoms with Gasteiger partial charge >= 0.3 is 0 Å². The first-order chi connectivity index (χ1) is 13.2. The van der Waals surface area contributed by atoms with Crippen LogP contribution in [-0.4, -0.2) is 24.7 Å². The van der Waals surface area contributed by atoms with Gasteiger partial charge in [-0.25, -0.2) is 4.98 Å². The van der Waals surface area contributed by atoms with Crippen LogP contribution in [0, 0.1) is 0 Å². The fourth-order valence-electron chi connectivity index (χ4n) is 2.99. The maximum absolute atomic E-state index is 5.89. The van der Waals surface area contributed by atoms with Crippen molar-refractivity contribution in [2.45, 2.75) is 32.4 Å². The zero-order chi connectivity index (χ0) is 19.1. The van der Waals surface area contributed by atoms with Gasteiger partial charge in [0.1, 0.15) is 12.4 Å². The molecule has 0 amide bonds. The summed E-state index contributed by atoms with van der Waals surface area (Å²) in [6, 6.07) is 18.2. The molecule has 0 aliphatic carbocycles. The van der Waals surface area contributed by atoms with Crippen molar-refractivity contribution in [2.24, 2.45) is 5.73 Å². The molecule has 5 nitrogen and oxygen atoms in total. The molecule has 1 heterocycles. The molecule has 3 rings (SSSR count). The van der Waals surface area contributed by atoms with Crippen molar-refractivity contribution >= 4 is 64.5 Å². The molecule has 0 aliphatic rings. The van der Waals surface area contributed by atoms with Gasteiger partial charge in [0.15, 0.2) is 0 Å². The second kappa shape index (κ2) is 13.1. The van der Waals surface area contributed by atoms with E-state index in [0.717, 1.165) is 40.7 Å². The van der Waals surface area contributed by atoms with E-state index in [0.29, 0.717) is 25.1 Å². The fourth-order valence-corrected chi connectivity index (χ4v) is 2.99. The van der Waals surface area contributed by atoms with Crippen LogP contribution in [0.3, 0.4) is 0 Å². The predicted octanol–water partition coefficient (Wildman–Crippen LogP) is 5.60. The Kier molecular flexibility index (Phi) is 11.6. The summed E-state index contributed by atoms with van der Waals surface area (Å²) in [5.41, 5.74) is 8.56. The second-order valence-corrected chi connectivity index (χ2v) is 6.65. The number of hydrogen-bond acceptors (Lipinski definition) is 5. The number of methoxy groups -OCH3 is 1. The van der Waals surface area contributed by atoms with Crippen molar-refractivity contribution in [1.82, 2.24) is 4.98 Å². The van der Waals surface area contributed by atoms with Crippen LogP contribution in [-0.2, 0) is 6.61 Å². The number of rotatable bonds is 9. The van der Waals surface area contributed by atoms with Gasteiger partial charge in [0.05, 0.1) is 18.3 Å². The molecule has 1 atom stereocenters. The van der Waals surface area contributed by atoms with E-state index in [2.05, 4.69) is 12.2 Å². The minimum absolute atomic E-state index is 0. The molecule has 3 aromatic rings. The highest BCUT2D eigenvalue weighted by molar-refractivity contribution is 14.0. The van der Waals surface area contributed by atoms with Crippen LogP contribution >= 0.6 is 48.0 Å². The number of ether oxygens (including phenoxy) is 2. The molecule has 0 spiro atoms. The van der Waals surface area contributed by atoms with Crippen molar-refractivity contribution in [3.63, 3.8) is 0 Å². The largest absolute Gasteiger partial charge is 0.497 e. The van der Waals surface area contributed by atoms with E-state index >= 15 is 0 Å². The maximum Gasteiger partial charge on any atom is 0.214 e. The quantitative estimate of drug-likeness (QED) is 0.305. The molecule has 29 heavy (non-hydrogen) atoms. The highest BCUT2D eigenvalue weighted by Gasteiger charge is 2.11. The molecule has 0 saturated heterocycles. The molecule has 158 valence electrons. The first kappa shape index (κ1) is 25.7. The summed E-state index contributed by atoms with van der Waals surface area (Å²) in [5, 5.41) is 4.55. The van der Waals surface area contributed by atoms with E-state index in [9.17, 15) is 0 Å². The number of anilines is 1. The zero-order valence-corrected chi connectivity index (χ0v) is 21.4. The van der Waals surface area contributed by atoms with Crippen LogP contribution in [0.25, 0.3) is 10.9 Å². The summed E-state index contributed by atoms with van der Waals surface area (Å²) >= 11 is 0. The summed E-state index contributed by atoms with van der Waals surface area (Å²) in [6.07, 6.45) is 1.98. The Morgan fingerprint density at radius 3 is 2.52 bits per heavy atom. The minimum atomic E-state index is 0. The summed E-state index contributed by atoms with van der Waals surface area (Å²) < 4.78 is 11.3. The van der Waals surface area contributed by atoms with E-state index in [1.807, 2.05) is 54.6 Å². The number of nitrogens with one attached hydrogen (secondary N) is 1. The number of aromatic nitrogens is 1. The van der Waals surface area contributed by atoms with Gasteiger partial charge in [-0.05, 0) is 44.0 Å². The minimum Gasteiger partial charge on any atom is -0.497 e. The normalized spacial score (nSPS) is 11.1. The van der Waals surface area contributed by atoms with E-state index in [1.165, 1.54) is 0 Å². The zero-order valence-electron chi connectivity index (χ0n) is 16.8. The Balaban J connectivity index is 0.00000210. The standard InChI is InChI=1S/C22H27N3O2.2HI/c1-16(7-6-12-23)24-20-14-19(26-2)13-18-10-11-21(25-22(18)20)27-15-17-8-4-3-5-9-17;;/h3-5,8-11,13-14,16,24H,6-7,12,15,23H2,1-2H3;2*1H. The van der Waals surface area contributed by atoms with Crippen LogP contribution in [0.5, 0.6) is 11.6 Å². The van der Waals surface area contributed by atoms with Gasteiger partial charge < -0.3 is 20.5 Å². The molecule has 3 N–H and O–H groups in total. The smallest absolute Gasteiger partial charge is 0.214 e. The topological polar surface area (TPSA) is 69.4 Å². The highest BCUT2D eigenvalue weighted by atomic mass is 127. The SMILES string of the molecule is COc1cc(NC(C)CCCN)c2nc(OCc3ccccc3)ccc2c1.I.I. The molecule has 0 aliphatic heterocycles. The summed E-state index contributed by atoms with van der Waals surface area (Å²) in [7, 11) is 1.67. The lowest BCUT2D eigenvalue weighted by molar-refractivity contribution is 0.295. The van der Waals surface area contributed by atoms with Crippen LogP contribution in [0.1, 0.15) is 25.3 Å². The van der Waals surface area contributed by atoms with E-state index < -0.39 is 0 Å². The maximum atomic E-state index is 5.89. The molecule has 1 unspecified atom stereocenters. The Labute approximate surface area is 206 Å². The van der Waals surface area contributed by atoms with Gasteiger partial charge in [0.2, 0.25) is 5.88 Å². The number of benzene rings is 2. The lowest BCUT2D eigenvalue weighted by Gasteiger charge is -2.17. The van der Waals surface area contributed by atoms with Crippen molar-refractivity contribution in [2.75, 3.05) is 19.0 Å². The molecular formula is C22H29I2N3O2.